The minimum absolute atomic E-state index is 0.177. The third-order valence-electron chi connectivity index (χ3n) is 33.8. The van der Waals surface area contributed by atoms with Crippen LogP contribution in [0.4, 0.5) is 4.39 Å². The summed E-state index contributed by atoms with van der Waals surface area (Å²) in [6.45, 7) is 96.1. The van der Waals surface area contributed by atoms with Crippen molar-refractivity contribution < 1.29 is 14.6 Å². The van der Waals surface area contributed by atoms with Crippen LogP contribution in [0, 0.1) is 117 Å². The molecule has 12 aliphatic heterocycles. The quantitative estimate of drug-likeness (QED) is 0.118. The highest BCUT2D eigenvalue weighted by molar-refractivity contribution is 4.91. The highest BCUT2D eigenvalue weighted by Crippen LogP contribution is 2.42. The van der Waals surface area contributed by atoms with Crippen molar-refractivity contribution in [1.29, 1.82) is 0 Å². The standard InChI is InChI=1S/C11H23N.C10H21NO.2C10H21N.C9H18FN.C9H19NO.3C9H19N.C8H18N2.C8H17N.C7H15N/c1-5-11(10(2)3)6-8-12(4)9-7-11;1-9(2)10-3-5-11(6-4-10)7-8-12;1-9(2)10-5-4-7-11(3)8-6-10;1-4-11-7-5-10(6-8-11)9(2)3;1-8(2)9(10)4-6-11(3)7-5-9;1-8(2)9(11)4-6-10(3)7-5-9;2*1-8(2)9-4-6-10(3)7-5-9;1-8(2)9(3)4-6-10-7-5-9;1-8(2)10-6-4-9(3)5-7-10;1-7(2)8-3-5-9-6-4-8;1-6(2)7-4-8(3)5-7/h10H,5-9H2,1-4H3;9-10,12H,3-8H2,1-2H3;2*9-10H,4-8H2,1-3H3;8H,4-7H2,1-3H3;8,11H,4-7H2,1-3H3;2*8-9H,4-7H2,1-3H3;8,10H,4-7H2,1-3H3;8H,4-7H2,1-3H3;7-9H,3-6H2,1-2H3;6-7H,4-5H2,1-3H3. The molecule has 0 bridgehead atoms. The molecule has 15 nitrogen and oxygen atoms in total. The zero-order valence-corrected chi connectivity index (χ0v) is 91.2. The van der Waals surface area contributed by atoms with Crippen LogP contribution in [0.5, 0.6) is 0 Å². The summed E-state index contributed by atoms with van der Waals surface area (Å²) in [6.07, 6.45) is 28.3. The zero-order chi connectivity index (χ0) is 94.8. The Balaban J connectivity index is 0.000000683. The Morgan fingerprint density at radius 2 is 0.624 bits per heavy atom. The predicted molar refractivity (Wildman–Crippen MR) is 552 cm³/mol. The molecule has 0 radical (unpaired) electrons. The largest absolute Gasteiger partial charge is 0.395 e. The summed E-state index contributed by atoms with van der Waals surface area (Å²) in [5, 5.41) is 25.6. The van der Waals surface area contributed by atoms with E-state index in [9.17, 15) is 9.50 Å². The second-order valence-electron chi connectivity index (χ2n) is 46.9. The molecule has 0 spiro atoms. The Kier molecular flexibility index (Phi) is 65.3. The highest BCUT2D eigenvalue weighted by atomic mass is 19.1. The molecule has 12 fully saturated rings. The number of piperazine rings is 1. The molecule has 12 saturated heterocycles. The lowest BCUT2D eigenvalue weighted by atomic mass is 9.68. The molecule has 0 amide bonds. The van der Waals surface area contributed by atoms with Crippen LogP contribution < -0.4 is 10.6 Å². The summed E-state index contributed by atoms with van der Waals surface area (Å²) in [4.78, 5) is 26.4. The molecule has 0 aromatic heterocycles. The zero-order valence-electron chi connectivity index (χ0n) is 91.2. The van der Waals surface area contributed by atoms with Crippen LogP contribution in [-0.2, 0) is 0 Å². The molecule has 0 aromatic rings. The van der Waals surface area contributed by atoms with Crippen LogP contribution in [0.3, 0.4) is 0 Å². The van der Waals surface area contributed by atoms with Gasteiger partial charge in [0.05, 0.1) is 12.2 Å². The van der Waals surface area contributed by atoms with Crippen molar-refractivity contribution in [2.45, 2.75) is 346 Å². The minimum atomic E-state index is -0.882. The average molecular weight is 1770 g/mol. The first-order valence-electron chi connectivity index (χ1n) is 53.7. The van der Waals surface area contributed by atoms with E-state index in [0.29, 0.717) is 36.2 Å². The van der Waals surface area contributed by atoms with Crippen molar-refractivity contribution in [2.24, 2.45) is 117 Å². The first kappa shape index (κ1) is 122. The van der Waals surface area contributed by atoms with Gasteiger partial charge >= 0.3 is 0 Å². The molecule has 12 rings (SSSR count). The van der Waals surface area contributed by atoms with Gasteiger partial charge in [-0.25, -0.2) is 4.39 Å². The summed E-state index contributed by atoms with van der Waals surface area (Å²) >= 11 is 0. The number of hydrogen-bond acceptors (Lipinski definition) is 15. The van der Waals surface area contributed by atoms with Crippen molar-refractivity contribution in [3.63, 3.8) is 0 Å². The second kappa shape index (κ2) is 66.7. The minimum Gasteiger partial charge on any atom is -0.395 e. The fourth-order valence-corrected chi connectivity index (χ4v) is 20.4. The maximum Gasteiger partial charge on any atom is 0.115 e. The maximum absolute atomic E-state index is 13.8. The monoisotopic (exact) mass is 1770 g/mol. The number of halogens is 1. The number of alkyl halides is 1. The third-order valence-corrected chi connectivity index (χ3v) is 33.8. The van der Waals surface area contributed by atoms with Crippen LogP contribution in [0.2, 0.25) is 0 Å². The predicted octanol–water partition coefficient (Wildman–Crippen LogP) is 21.5. The summed E-state index contributed by atoms with van der Waals surface area (Å²) in [5.74, 6) is 15.4. The Hall–Kier alpha value is -0.670. The topological polar surface area (TPSA) is 100 Å². The number of piperidine rings is 9. The molecular formula is C109H230FN13O2. The molecule has 1 unspecified atom stereocenters. The Morgan fingerprint density at radius 1 is 0.312 bits per heavy atom. The molecule has 0 aliphatic carbocycles. The van der Waals surface area contributed by atoms with Crippen LogP contribution >= 0.6 is 0 Å². The van der Waals surface area contributed by atoms with Gasteiger partial charge in [-0.3, -0.25) is 4.90 Å². The van der Waals surface area contributed by atoms with E-state index in [4.69, 9.17) is 5.11 Å². The lowest BCUT2D eigenvalue weighted by Crippen LogP contribution is -2.47. The third kappa shape index (κ3) is 52.3. The van der Waals surface area contributed by atoms with Gasteiger partial charge in [-0.2, -0.15) is 0 Å². The molecule has 1 atom stereocenters. The number of aliphatic hydroxyl groups is 2. The summed E-state index contributed by atoms with van der Waals surface area (Å²) in [6, 6.07) is 0.730. The highest BCUT2D eigenvalue weighted by Gasteiger charge is 2.38. The van der Waals surface area contributed by atoms with E-state index < -0.39 is 5.67 Å². The number of rotatable bonds is 16. The molecule has 750 valence electrons. The fraction of sp³-hybridized carbons (Fsp3) is 1.00. The lowest BCUT2D eigenvalue weighted by molar-refractivity contribution is -0.0521. The first-order chi connectivity index (χ1) is 58.6. The van der Waals surface area contributed by atoms with E-state index in [-0.39, 0.29) is 11.5 Å². The van der Waals surface area contributed by atoms with Gasteiger partial charge in [0.2, 0.25) is 0 Å². The number of likely N-dealkylation sites (tertiary alicyclic amines) is 9. The van der Waals surface area contributed by atoms with Gasteiger partial charge in [-0.1, -0.05) is 180 Å². The van der Waals surface area contributed by atoms with Crippen molar-refractivity contribution in [2.75, 3.05) is 246 Å². The van der Waals surface area contributed by atoms with Crippen molar-refractivity contribution >= 4 is 0 Å². The Labute approximate surface area is 783 Å². The number of nitrogens with zero attached hydrogens (tertiary/aromatic N) is 11. The lowest BCUT2D eigenvalue weighted by Gasteiger charge is -2.43. The van der Waals surface area contributed by atoms with Gasteiger partial charge in [0.15, 0.2) is 0 Å². The van der Waals surface area contributed by atoms with Gasteiger partial charge in [0.1, 0.15) is 5.67 Å². The van der Waals surface area contributed by atoms with Crippen LogP contribution in [0.1, 0.15) is 328 Å². The molecule has 0 saturated carbocycles. The van der Waals surface area contributed by atoms with E-state index in [1.165, 1.54) is 266 Å². The van der Waals surface area contributed by atoms with E-state index >= 15 is 0 Å². The van der Waals surface area contributed by atoms with Gasteiger partial charge < -0.3 is 69.8 Å². The molecule has 16 heteroatoms. The summed E-state index contributed by atoms with van der Waals surface area (Å²) < 4.78 is 13.8. The van der Waals surface area contributed by atoms with E-state index in [1.54, 1.807) is 0 Å². The van der Waals surface area contributed by atoms with Gasteiger partial charge in [0.25, 0.3) is 0 Å². The van der Waals surface area contributed by atoms with Gasteiger partial charge in [-0.15, -0.1) is 0 Å². The fourth-order valence-electron chi connectivity index (χ4n) is 20.4. The number of β-amino-alcohol motifs (C(OH)–C–C–N with tert-alkyl or cyclic N) is 1. The first-order valence-corrected chi connectivity index (χ1v) is 53.7. The summed E-state index contributed by atoms with van der Waals surface area (Å²) in [7, 11) is 17.5. The maximum atomic E-state index is 13.8. The smallest absolute Gasteiger partial charge is 0.115 e. The SMILES string of the molecule is CC(C)C1(C)CCNCC1.CC(C)C1(F)CCN(C)CC1.CC(C)C1(O)CCN(C)CC1.CC(C)C1CCCN(C)CC1.CC(C)C1CCN(C)CC1.CC(C)C1CCN(C)CC1.CC(C)C1CCN(CCO)CC1.CC(C)C1CCNCC1.CC(C)C1CN(C)C1.CC(C)N1CCN(C)CC1.CCC1(C(C)C)CCN(C)CC1.CCN1CCC(C(C)C)CC1. The number of hydrogen-bond donors (Lipinski definition) is 4. The van der Waals surface area contributed by atoms with Gasteiger partial charge in [-0.05, 0) is 434 Å². The Morgan fingerprint density at radius 3 is 0.912 bits per heavy atom. The van der Waals surface area contributed by atoms with E-state index in [0.717, 1.165) is 146 Å². The van der Waals surface area contributed by atoms with Crippen LogP contribution in [-0.4, -0.2) is 328 Å². The number of nitrogens with one attached hydrogen (secondary N) is 2. The molecule has 4 N–H and O–H groups in total. The molecule has 125 heavy (non-hydrogen) atoms. The van der Waals surface area contributed by atoms with E-state index in [1.807, 2.05) is 13.8 Å². The molecule has 12 heterocycles. The molecular weight excluding hydrogens is 1540 g/mol. The van der Waals surface area contributed by atoms with Crippen LogP contribution in [0.25, 0.3) is 0 Å². The van der Waals surface area contributed by atoms with Crippen molar-refractivity contribution in [3.05, 3.63) is 0 Å². The van der Waals surface area contributed by atoms with Crippen LogP contribution in [0.15, 0.2) is 0 Å². The number of likely N-dealkylation sites (N-methyl/N-ethyl adjacent to an activating group) is 1. The summed E-state index contributed by atoms with van der Waals surface area (Å²) in [5.41, 5.74) is 0.0107. The number of aliphatic hydroxyl groups excluding tert-OH is 1. The average Bonchev–Trinajstić information content (AvgIpc) is 1.10. The molecule has 0 aromatic carbocycles. The Bertz CT molecular complexity index is 2340. The normalized spacial score (nSPS) is 24.6. The second-order valence-corrected chi connectivity index (χ2v) is 46.9. The molecule has 12 aliphatic rings. The van der Waals surface area contributed by atoms with Crippen molar-refractivity contribution in [1.82, 2.24) is 64.5 Å². The van der Waals surface area contributed by atoms with E-state index in [2.05, 4.69) is 294 Å². The van der Waals surface area contributed by atoms with Crippen molar-refractivity contribution in [3.8, 4) is 0 Å². The van der Waals surface area contributed by atoms with Gasteiger partial charge in [0, 0.05) is 78.0 Å².